The molecule has 1 heterocycles. The van der Waals surface area contributed by atoms with Gasteiger partial charge in [-0.05, 0) is 13.3 Å². The maximum Gasteiger partial charge on any atom is 0.233 e. The highest BCUT2D eigenvalue weighted by molar-refractivity contribution is 5.89. The van der Waals surface area contributed by atoms with Gasteiger partial charge in [0.25, 0.3) is 0 Å². The van der Waals surface area contributed by atoms with E-state index in [9.17, 15) is 4.79 Å². The zero-order valence-electron chi connectivity index (χ0n) is 6.55. The van der Waals surface area contributed by atoms with Crippen LogP contribution in [-0.4, -0.2) is 12.5 Å². The summed E-state index contributed by atoms with van der Waals surface area (Å²) < 4.78 is 0. The first-order valence-electron chi connectivity index (χ1n) is 3.90. The minimum Gasteiger partial charge on any atom is -0.355 e. The zero-order chi connectivity index (χ0) is 7.90. The fourth-order valence-corrected chi connectivity index (χ4v) is 1.74. The molecule has 1 unspecified atom stereocenters. The van der Waals surface area contributed by atoms with E-state index in [1.165, 1.54) is 5.57 Å². The first kappa shape index (κ1) is 6.65. The van der Waals surface area contributed by atoms with Crippen LogP contribution >= 0.6 is 0 Å². The molecule has 1 atom stereocenters. The monoisotopic (exact) mass is 149 g/mol. The Morgan fingerprint density at radius 1 is 1.64 bits per heavy atom. The lowest BCUT2D eigenvalue weighted by Gasteiger charge is -2.12. The molecule has 0 aromatic rings. The molecule has 1 amide bonds. The van der Waals surface area contributed by atoms with Crippen LogP contribution in [-0.2, 0) is 4.79 Å². The molecule has 0 aromatic heterocycles. The summed E-state index contributed by atoms with van der Waals surface area (Å²) >= 11 is 0. The van der Waals surface area contributed by atoms with E-state index >= 15 is 0 Å². The topological polar surface area (TPSA) is 29.1 Å². The van der Waals surface area contributed by atoms with Crippen molar-refractivity contribution in [2.24, 2.45) is 5.41 Å². The van der Waals surface area contributed by atoms with Gasteiger partial charge in [-0.25, -0.2) is 0 Å². The van der Waals surface area contributed by atoms with Gasteiger partial charge in [-0.3, -0.25) is 4.79 Å². The van der Waals surface area contributed by atoms with Crippen molar-refractivity contribution in [1.82, 2.24) is 5.32 Å². The Labute approximate surface area is 66.0 Å². The van der Waals surface area contributed by atoms with Crippen molar-refractivity contribution < 1.29 is 4.79 Å². The number of carbonyl (C=O) groups is 1. The molecule has 2 rings (SSSR count). The minimum absolute atomic E-state index is 0.158. The third kappa shape index (κ3) is 0.821. The van der Waals surface area contributed by atoms with Crippen LogP contribution in [0.5, 0.6) is 0 Å². The average molecular weight is 149 g/mol. The molecular weight excluding hydrogens is 138 g/mol. The predicted octanol–water partition coefficient (Wildman–Crippen LogP) is 1.01. The van der Waals surface area contributed by atoms with Crippen LogP contribution in [0.15, 0.2) is 23.8 Å². The van der Waals surface area contributed by atoms with Gasteiger partial charge >= 0.3 is 0 Å². The number of allylic oxidation sites excluding steroid dienone is 2. The standard InChI is InChI=1S/C9H11NO/c1-7-2-3-9(6-7)4-5-10-8(9)11/h2-3,6H,4-5H2,1H3,(H,10,11). The SMILES string of the molecule is CC1=CC2(C=C1)CCNC2=O. The Morgan fingerprint density at radius 3 is 2.91 bits per heavy atom. The van der Waals surface area contributed by atoms with Crippen molar-refractivity contribution in [3.63, 3.8) is 0 Å². The fourth-order valence-electron chi connectivity index (χ4n) is 1.74. The summed E-state index contributed by atoms with van der Waals surface area (Å²) in [6.07, 6.45) is 6.99. The molecule has 2 nitrogen and oxygen atoms in total. The average Bonchev–Trinajstić information content (AvgIpc) is 2.46. The van der Waals surface area contributed by atoms with Gasteiger partial charge in [0.1, 0.15) is 0 Å². The summed E-state index contributed by atoms with van der Waals surface area (Å²) in [5, 5.41) is 2.84. The molecule has 1 aliphatic carbocycles. The number of rotatable bonds is 0. The smallest absolute Gasteiger partial charge is 0.233 e. The molecule has 0 radical (unpaired) electrons. The van der Waals surface area contributed by atoms with Crippen molar-refractivity contribution in [2.75, 3.05) is 6.54 Å². The zero-order valence-corrected chi connectivity index (χ0v) is 6.55. The Hall–Kier alpha value is -1.05. The van der Waals surface area contributed by atoms with Crippen molar-refractivity contribution in [2.45, 2.75) is 13.3 Å². The predicted molar refractivity (Wildman–Crippen MR) is 43.0 cm³/mol. The van der Waals surface area contributed by atoms with Gasteiger partial charge in [0.15, 0.2) is 0 Å². The molecule has 0 aromatic carbocycles. The quantitative estimate of drug-likeness (QED) is 0.547. The van der Waals surface area contributed by atoms with E-state index in [2.05, 4.69) is 11.4 Å². The molecule has 1 spiro atoms. The van der Waals surface area contributed by atoms with Gasteiger partial charge < -0.3 is 5.32 Å². The third-order valence-electron chi connectivity index (χ3n) is 2.38. The molecule has 58 valence electrons. The molecule has 1 saturated heterocycles. The van der Waals surface area contributed by atoms with E-state index in [4.69, 9.17) is 0 Å². The first-order valence-corrected chi connectivity index (χ1v) is 3.90. The molecule has 2 aliphatic rings. The van der Waals surface area contributed by atoms with E-state index in [-0.39, 0.29) is 11.3 Å². The summed E-state index contributed by atoms with van der Waals surface area (Å²) in [4.78, 5) is 11.3. The second kappa shape index (κ2) is 1.97. The van der Waals surface area contributed by atoms with Gasteiger partial charge in [-0.15, -0.1) is 0 Å². The first-order chi connectivity index (χ1) is 5.23. The Morgan fingerprint density at radius 2 is 2.45 bits per heavy atom. The summed E-state index contributed by atoms with van der Waals surface area (Å²) in [5.41, 5.74) is 0.923. The highest BCUT2D eigenvalue weighted by Gasteiger charge is 2.39. The Bertz CT molecular complexity index is 265. The van der Waals surface area contributed by atoms with Crippen LogP contribution < -0.4 is 5.32 Å². The van der Waals surface area contributed by atoms with Gasteiger partial charge in [0.05, 0.1) is 5.41 Å². The van der Waals surface area contributed by atoms with Gasteiger partial charge in [0, 0.05) is 6.54 Å². The van der Waals surface area contributed by atoms with Crippen molar-refractivity contribution in [3.05, 3.63) is 23.8 Å². The minimum atomic E-state index is -0.274. The molecule has 1 N–H and O–H groups in total. The number of nitrogens with one attached hydrogen (secondary N) is 1. The number of hydrogen-bond donors (Lipinski definition) is 1. The number of amides is 1. The summed E-state index contributed by atoms with van der Waals surface area (Å²) in [6.45, 7) is 2.84. The molecule has 1 fully saturated rings. The lowest BCUT2D eigenvalue weighted by molar-refractivity contribution is -0.123. The second-order valence-electron chi connectivity index (χ2n) is 3.27. The molecule has 0 bridgehead atoms. The third-order valence-corrected chi connectivity index (χ3v) is 2.38. The van der Waals surface area contributed by atoms with Crippen molar-refractivity contribution >= 4 is 5.91 Å². The number of carbonyl (C=O) groups excluding carboxylic acids is 1. The van der Waals surface area contributed by atoms with Gasteiger partial charge in [0.2, 0.25) is 5.91 Å². The van der Waals surface area contributed by atoms with Crippen LogP contribution in [0.4, 0.5) is 0 Å². The van der Waals surface area contributed by atoms with E-state index in [1.54, 1.807) is 0 Å². The van der Waals surface area contributed by atoms with Crippen molar-refractivity contribution in [1.29, 1.82) is 0 Å². The number of hydrogen-bond acceptors (Lipinski definition) is 1. The second-order valence-corrected chi connectivity index (χ2v) is 3.27. The lowest BCUT2D eigenvalue weighted by Crippen LogP contribution is -2.26. The summed E-state index contributed by atoms with van der Waals surface area (Å²) in [5.74, 6) is 0.158. The van der Waals surface area contributed by atoms with E-state index in [0.717, 1.165) is 13.0 Å². The van der Waals surface area contributed by atoms with Crippen LogP contribution in [0.3, 0.4) is 0 Å². The molecule has 2 heteroatoms. The van der Waals surface area contributed by atoms with Crippen LogP contribution in [0, 0.1) is 5.41 Å². The molecule has 0 saturated carbocycles. The highest BCUT2D eigenvalue weighted by atomic mass is 16.2. The van der Waals surface area contributed by atoms with Crippen LogP contribution in [0.2, 0.25) is 0 Å². The Kier molecular flexibility index (Phi) is 1.19. The van der Waals surface area contributed by atoms with Gasteiger partial charge in [-0.2, -0.15) is 0 Å². The van der Waals surface area contributed by atoms with Crippen molar-refractivity contribution in [3.8, 4) is 0 Å². The van der Waals surface area contributed by atoms with E-state index in [1.807, 2.05) is 19.1 Å². The maximum atomic E-state index is 11.3. The normalized spacial score (nSPS) is 34.6. The fraction of sp³-hybridized carbons (Fsp3) is 0.444. The summed E-state index contributed by atoms with van der Waals surface area (Å²) in [7, 11) is 0. The Balaban J connectivity index is 2.38. The summed E-state index contributed by atoms with van der Waals surface area (Å²) in [6, 6.07) is 0. The van der Waals surface area contributed by atoms with Gasteiger partial charge in [-0.1, -0.05) is 23.8 Å². The van der Waals surface area contributed by atoms with Crippen LogP contribution in [0.1, 0.15) is 13.3 Å². The highest BCUT2D eigenvalue weighted by Crippen LogP contribution is 2.35. The lowest BCUT2D eigenvalue weighted by atomic mass is 9.88. The largest absolute Gasteiger partial charge is 0.355 e. The molecule has 1 aliphatic heterocycles. The van der Waals surface area contributed by atoms with Crippen LogP contribution in [0.25, 0.3) is 0 Å². The molecule has 11 heavy (non-hydrogen) atoms. The molecular formula is C9H11NO. The van der Waals surface area contributed by atoms with E-state index in [0.29, 0.717) is 0 Å². The maximum absolute atomic E-state index is 11.3. The van der Waals surface area contributed by atoms with E-state index < -0.39 is 0 Å².